The Kier molecular flexibility index (Phi) is 6.10. The third-order valence-corrected chi connectivity index (χ3v) is 4.75. The van der Waals surface area contributed by atoms with E-state index in [0.717, 1.165) is 24.2 Å². The van der Waals surface area contributed by atoms with Crippen molar-refractivity contribution < 1.29 is 13.9 Å². The summed E-state index contributed by atoms with van der Waals surface area (Å²) in [6.07, 6.45) is 12.4. The van der Waals surface area contributed by atoms with Gasteiger partial charge in [-0.3, -0.25) is 9.78 Å². The van der Waals surface area contributed by atoms with Crippen LogP contribution in [0.1, 0.15) is 49.2 Å². The Labute approximate surface area is 154 Å². The number of furan rings is 1. The van der Waals surface area contributed by atoms with Crippen LogP contribution in [0.25, 0.3) is 6.08 Å². The number of hydrogen-bond donors (Lipinski definition) is 0. The van der Waals surface area contributed by atoms with Crippen LogP contribution in [-0.4, -0.2) is 35.0 Å². The molecule has 0 aliphatic carbocycles. The average Bonchev–Trinajstić information content (AvgIpc) is 3.33. The molecule has 138 valence electrons. The maximum absolute atomic E-state index is 12.3. The standard InChI is InChI=1S/C21H26N2O3/c1-3-16(2)6-4-7-17-12-19(14-22-13-17)26-18-9-10-23(15-18)21(24)20-8-5-11-25-20/h4-5,7-8,11-14,16,18H,3,6,9-10,15H2,1-2H3/b7-4+/t16-,18-/m1/s1. The fraction of sp³-hybridized carbons (Fsp3) is 0.429. The quantitative estimate of drug-likeness (QED) is 0.739. The largest absolute Gasteiger partial charge is 0.487 e. The second-order valence-electron chi connectivity index (χ2n) is 6.86. The predicted octanol–water partition coefficient (Wildman–Crippen LogP) is 4.42. The molecule has 1 aliphatic heterocycles. The molecule has 2 aromatic rings. The van der Waals surface area contributed by atoms with Gasteiger partial charge in [-0.05, 0) is 36.1 Å². The molecule has 0 aromatic carbocycles. The molecule has 3 rings (SSSR count). The topological polar surface area (TPSA) is 55.6 Å². The maximum atomic E-state index is 12.3. The summed E-state index contributed by atoms with van der Waals surface area (Å²) >= 11 is 0. The van der Waals surface area contributed by atoms with Crippen LogP contribution in [0.2, 0.25) is 0 Å². The highest BCUT2D eigenvalue weighted by molar-refractivity contribution is 5.91. The summed E-state index contributed by atoms with van der Waals surface area (Å²) in [6, 6.07) is 5.41. The summed E-state index contributed by atoms with van der Waals surface area (Å²) < 4.78 is 11.2. The van der Waals surface area contributed by atoms with E-state index in [2.05, 4.69) is 31.0 Å². The van der Waals surface area contributed by atoms with Crippen molar-refractivity contribution in [1.29, 1.82) is 0 Å². The van der Waals surface area contributed by atoms with Crippen molar-refractivity contribution in [3.8, 4) is 5.75 Å². The third-order valence-electron chi connectivity index (χ3n) is 4.75. The third kappa shape index (κ3) is 4.75. The molecule has 2 atom stereocenters. The first-order valence-electron chi connectivity index (χ1n) is 9.26. The van der Waals surface area contributed by atoms with Crippen molar-refractivity contribution in [1.82, 2.24) is 9.88 Å². The number of allylic oxidation sites excluding steroid dienone is 1. The number of amides is 1. The smallest absolute Gasteiger partial charge is 0.289 e. The van der Waals surface area contributed by atoms with E-state index in [9.17, 15) is 4.79 Å². The van der Waals surface area contributed by atoms with Gasteiger partial charge in [0.1, 0.15) is 11.9 Å². The van der Waals surface area contributed by atoms with Gasteiger partial charge in [0.05, 0.1) is 19.0 Å². The summed E-state index contributed by atoms with van der Waals surface area (Å²) in [5.74, 6) is 1.73. The fourth-order valence-electron chi connectivity index (χ4n) is 2.95. The highest BCUT2D eigenvalue weighted by Crippen LogP contribution is 2.21. The Morgan fingerprint density at radius 2 is 2.38 bits per heavy atom. The van der Waals surface area contributed by atoms with Crippen molar-refractivity contribution in [2.75, 3.05) is 13.1 Å². The van der Waals surface area contributed by atoms with Crippen molar-refractivity contribution >= 4 is 12.0 Å². The molecule has 5 heteroatoms. The zero-order valence-electron chi connectivity index (χ0n) is 15.4. The number of ether oxygens (including phenoxy) is 1. The molecule has 1 fully saturated rings. The molecule has 0 bridgehead atoms. The molecule has 5 nitrogen and oxygen atoms in total. The maximum Gasteiger partial charge on any atom is 0.289 e. The Morgan fingerprint density at radius 1 is 1.50 bits per heavy atom. The molecular weight excluding hydrogens is 328 g/mol. The van der Waals surface area contributed by atoms with E-state index in [-0.39, 0.29) is 12.0 Å². The lowest BCUT2D eigenvalue weighted by molar-refractivity contribution is 0.0741. The van der Waals surface area contributed by atoms with Gasteiger partial charge in [0.2, 0.25) is 0 Å². The minimum Gasteiger partial charge on any atom is -0.487 e. The van der Waals surface area contributed by atoms with Crippen molar-refractivity contribution in [2.24, 2.45) is 5.92 Å². The molecule has 1 amide bonds. The number of carbonyl (C=O) groups excluding carboxylic acids is 1. The van der Waals surface area contributed by atoms with Crippen LogP contribution in [0.5, 0.6) is 5.75 Å². The number of likely N-dealkylation sites (tertiary alicyclic amines) is 1. The summed E-state index contributed by atoms with van der Waals surface area (Å²) in [4.78, 5) is 18.4. The lowest BCUT2D eigenvalue weighted by Crippen LogP contribution is -2.30. The molecule has 0 N–H and O–H groups in total. The molecule has 0 spiro atoms. The molecule has 0 unspecified atom stereocenters. The second-order valence-corrected chi connectivity index (χ2v) is 6.86. The van der Waals surface area contributed by atoms with Gasteiger partial charge in [0.25, 0.3) is 5.91 Å². The molecule has 1 saturated heterocycles. The van der Waals surface area contributed by atoms with Crippen LogP contribution in [-0.2, 0) is 0 Å². The SMILES string of the molecule is CC[C@@H](C)C/C=C/c1cncc(O[C@@H]2CCN(C(=O)c3ccco3)C2)c1. The van der Waals surface area contributed by atoms with Gasteiger partial charge >= 0.3 is 0 Å². The highest BCUT2D eigenvalue weighted by atomic mass is 16.5. The first-order chi connectivity index (χ1) is 12.7. The fourth-order valence-corrected chi connectivity index (χ4v) is 2.95. The van der Waals surface area contributed by atoms with Gasteiger partial charge in [0.15, 0.2) is 5.76 Å². The number of rotatable bonds is 7. The normalized spacial score (nSPS) is 18.4. The number of hydrogen-bond acceptors (Lipinski definition) is 4. The first-order valence-corrected chi connectivity index (χ1v) is 9.26. The van der Waals surface area contributed by atoms with E-state index in [1.165, 1.54) is 12.7 Å². The van der Waals surface area contributed by atoms with E-state index in [4.69, 9.17) is 9.15 Å². The van der Waals surface area contributed by atoms with Gasteiger partial charge in [0, 0.05) is 19.2 Å². The van der Waals surface area contributed by atoms with Crippen molar-refractivity contribution in [2.45, 2.75) is 39.2 Å². The monoisotopic (exact) mass is 354 g/mol. The zero-order valence-corrected chi connectivity index (χ0v) is 15.4. The summed E-state index contributed by atoms with van der Waals surface area (Å²) in [5.41, 5.74) is 1.03. The number of aromatic nitrogens is 1. The van der Waals surface area contributed by atoms with Crippen LogP contribution in [0.15, 0.2) is 47.3 Å². The number of carbonyl (C=O) groups is 1. The van der Waals surface area contributed by atoms with E-state index >= 15 is 0 Å². The van der Waals surface area contributed by atoms with Crippen LogP contribution < -0.4 is 4.74 Å². The minimum absolute atomic E-state index is 0.0185. The predicted molar refractivity (Wildman–Crippen MR) is 101 cm³/mol. The van der Waals surface area contributed by atoms with E-state index in [0.29, 0.717) is 24.8 Å². The molecule has 2 aromatic heterocycles. The molecule has 0 saturated carbocycles. The Hall–Kier alpha value is -2.56. The van der Waals surface area contributed by atoms with Crippen LogP contribution in [0.3, 0.4) is 0 Å². The van der Waals surface area contributed by atoms with Gasteiger partial charge in [-0.25, -0.2) is 0 Å². The Bertz CT molecular complexity index is 739. The van der Waals surface area contributed by atoms with Gasteiger partial charge in [-0.1, -0.05) is 32.4 Å². The van der Waals surface area contributed by atoms with Crippen molar-refractivity contribution in [3.63, 3.8) is 0 Å². The molecule has 0 radical (unpaired) electrons. The van der Waals surface area contributed by atoms with E-state index in [1.54, 1.807) is 23.2 Å². The lowest BCUT2D eigenvalue weighted by Gasteiger charge is -2.16. The minimum atomic E-state index is -0.0825. The van der Waals surface area contributed by atoms with Crippen LogP contribution in [0.4, 0.5) is 0 Å². The number of nitrogens with zero attached hydrogens (tertiary/aromatic N) is 2. The van der Waals surface area contributed by atoms with Crippen LogP contribution in [0, 0.1) is 5.92 Å². The second kappa shape index (κ2) is 8.70. The lowest BCUT2D eigenvalue weighted by atomic mass is 10.0. The van der Waals surface area contributed by atoms with Gasteiger partial charge in [-0.2, -0.15) is 0 Å². The van der Waals surface area contributed by atoms with Gasteiger partial charge < -0.3 is 14.1 Å². The Morgan fingerprint density at radius 3 is 3.15 bits per heavy atom. The molecule has 3 heterocycles. The van der Waals surface area contributed by atoms with E-state index in [1.807, 2.05) is 12.3 Å². The number of pyridine rings is 1. The molecule has 1 aliphatic rings. The average molecular weight is 354 g/mol. The van der Waals surface area contributed by atoms with Gasteiger partial charge in [-0.15, -0.1) is 0 Å². The molecular formula is C21H26N2O3. The summed E-state index contributed by atoms with van der Waals surface area (Å²) in [7, 11) is 0. The summed E-state index contributed by atoms with van der Waals surface area (Å²) in [5, 5.41) is 0. The van der Waals surface area contributed by atoms with Crippen molar-refractivity contribution in [3.05, 3.63) is 54.3 Å². The first kappa shape index (κ1) is 18.2. The summed E-state index contributed by atoms with van der Waals surface area (Å²) in [6.45, 7) is 5.69. The zero-order chi connectivity index (χ0) is 18.4. The molecule has 26 heavy (non-hydrogen) atoms. The van der Waals surface area contributed by atoms with Crippen LogP contribution >= 0.6 is 0 Å². The van der Waals surface area contributed by atoms with E-state index < -0.39 is 0 Å². The Balaban J connectivity index is 1.55. The highest BCUT2D eigenvalue weighted by Gasteiger charge is 2.29.